The van der Waals surface area contributed by atoms with E-state index in [1.54, 1.807) is 16.8 Å². The van der Waals surface area contributed by atoms with Crippen molar-refractivity contribution in [1.82, 2.24) is 9.78 Å². The number of halogens is 2. The van der Waals surface area contributed by atoms with E-state index in [0.29, 0.717) is 21.4 Å². The van der Waals surface area contributed by atoms with Crippen LogP contribution in [-0.4, -0.2) is 15.7 Å². The van der Waals surface area contributed by atoms with Gasteiger partial charge in [-0.05, 0) is 50.3 Å². The number of nitrogens with one attached hydrogen (secondary N) is 1. The second-order valence-electron chi connectivity index (χ2n) is 6.08. The number of hydrogen-bond donors (Lipinski definition) is 1. The smallest absolute Gasteiger partial charge is 0.266 e. The molecule has 0 fully saturated rings. The molecular formula is C21H16Cl2N4O. The van der Waals surface area contributed by atoms with Crippen LogP contribution in [0.1, 0.15) is 17.0 Å². The van der Waals surface area contributed by atoms with Crippen LogP contribution in [0.2, 0.25) is 10.0 Å². The van der Waals surface area contributed by atoms with Crippen LogP contribution in [0.3, 0.4) is 0 Å². The second-order valence-corrected chi connectivity index (χ2v) is 6.92. The normalized spacial score (nSPS) is 11.2. The molecule has 140 valence electrons. The van der Waals surface area contributed by atoms with Crippen molar-refractivity contribution in [2.45, 2.75) is 13.8 Å². The van der Waals surface area contributed by atoms with Gasteiger partial charge in [-0.15, -0.1) is 0 Å². The third kappa shape index (κ3) is 4.09. The number of nitriles is 1. The molecule has 0 aliphatic carbocycles. The minimum absolute atomic E-state index is 0.0511. The van der Waals surface area contributed by atoms with Gasteiger partial charge in [0.15, 0.2) is 0 Å². The van der Waals surface area contributed by atoms with Crippen molar-refractivity contribution >= 4 is 40.9 Å². The maximum Gasteiger partial charge on any atom is 0.266 e. The molecule has 2 aromatic carbocycles. The summed E-state index contributed by atoms with van der Waals surface area (Å²) in [5, 5.41) is 17.4. The Kier molecular flexibility index (Phi) is 5.84. The summed E-state index contributed by atoms with van der Waals surface area (Å²) < 4.78 is 1.78. The molecular weight excluding hydrogens is 395 g/mol. The number of carbonyl (C=O) groups excluding carboxylic acids is 1. The Morgan fingerprint density at radius 2 is 1.89 bits per heavy atom. The van der Waals surface area contributed by atoms with Crippen LogP contribution in [0.5, 0.6) is 0 Å². The number of anilines is 1. The fraction of sp³-hybridized carbons (Fsp3) is 0.0952. The van der Waals surface area contributed by atoms with Gasteiger partial charge >= 0.3 is 0 Å². The number of hydrogen-bond acceptors (Lipinski definition) is 3. The van der Waals surface area contributed by atoms with Gasteiger partial charge in [0, 0.05) is 16.3 Å². The van der Waals surface area contributed by atoms with Crippen molar-refractivity contribution in [3.05, 3.63) is 81.1 Å². The molecule has 0 unspecified atom stereocenters. The van der Waals surface area contributed by atoms with E-state index in [2.05, 4.69) is 10.4 Å². The minimum atomic E-state index is -0.557. The molecule has 1 N–H and O–H groups in total. The zero-order valence-electron chi connectivity index (χ0n) is 15.2. The summed E-state index contributed by atoms with van der Waals surface area (Å²) in [6.07, 6.45) is 1.54. The molecule has 3 aromatic rings. The molecule has 0 saturated carbocycles. The van der Waals surface area contributed by atoms with E-state index in [0.717, 1.165) is 16.9 Å². The first-order chi connectivity index (χ1) is 13.4. The number of benzene rings is 2. The van der Waals surface area contributed by atoms with Crippen molar-refractivity contribution in [1.29, 1.82) is 5.26 Å². The SMILES string of the molecule is Cc1nn(-c2ccccc2)c(C)c1C=C(C#N)C(=O)Nc1ccc(Cl)cc1Cl. The van der Waals surface area contributed by atoms with Crippen molar-refractivity contribution < 1.29 is 4.79 Å². The van der Waals surface area contributed by atoms with E-state index in [1.807, 2.05) is 50.2 Å². The fourth-order valence-corrected chi connectivity index (χ4v) is 3.21. The van der Waals surface area contributed by atoms with E-state index in [-0.39, 0.29) is 5.57 Å². The third-order valence-electron chi connectivity index (χ3n) is 4.18. The number of amides is 1. The molecule has 0 spiro atoms. The van der Waals surface area contributed by atoms with Crippen molar-refractivity contribution in [2.75, 3.05) is 5.32 Å². The lowest BCUT2D eigenvalue weighted by molar-refractivity contribution is -0.112. The summed E-state index contributed by atoms with van der Waals surface area (Å²) in [4.78, 5) is 12.6. The molecule has 28 heavy (non-hydrogen) atoms. The van der Waals surface area contributed by atoms with Crippen LogP contribution in [0.15, 0.2) is 54.1 Å². The summed E-state index contributed by atoms with van der Waals surface area (Å²) in [5.74, 6) is -0.557. The predicted molar refractivity (Wildman–Crippen MR) is 112 cm³/mol. The number of carbonyl (C=O) groups is 1. The molecule has 0 atom stereocenters. The average Bonchev–Trinajstić information content (AvgIpc) is 2.96. The van der Waals surface area contributed by atoms with Gasteiger partial charge in [-0.2, -0.15) is 10.4 Å². The van der Waals surface area contributed by atoms with E-state index in [1.165, 1.54) is 12.1 Å². The van der Waals surface area contributed by atoms with Gasteiger partial charge < -0.3 is 5.32 Å². The summed E-state index contributed by atoms with van der Waals surface area (Å²) >= 11 is 12.0. The third-order valence-corrected chi connectivity index (χ3v) is 4.73. The lowest BCUT2D eigenvalue weighted by atomic mass is 10.1. The van der Waals surface area contributed by atoms with Crippen molar-refractivity contribution in [3.63, 3.8) is 0 Å². The fourth-order valence-electron chi connectivity index (χ4n) is 2.76. The topological polar surface area (TPSA) is 70.7 Å². The quantitative estimate of drug-likeness (QED) is 0.465. The van der Waals surface area contributed by atoms with Crippen LogP contribution in [-0.2, 0) is 4.79 Å². The number of rotatable bonds is 4. The number of aryl methyl sites for hydroxylation is 1. The molecule has 1 amide bonds. The Labute approximate surface area is 172 Å². The van der Waals surface area contributed by atoms with Gasteiger partial charge in [0.2, 0.25) is 0 Å². The molecule has 0 aliphatic heterocycles. The Morgan fingerprint density at radius 3 is 2.54 bits per heavy atom. The molecule has 0 bridgehead atoms. The van der Waals surface area contributed by atoms with Gasteiger partial charge in [0.05, 0.1) is 22.1 Å². The molecule has 1 heterocycles. The summed E-state index contributed by atoms with van der Waals surface area (Å²) in [6, 6.07) is 16.3. The Hall–Kier alpha value is -3.07. The minimum Gasteiger partial charge on any atom is -0.320 e. The zero-order valence-corrected chi connectivity index (χ0v) is 16.7. The highest BCUT2D eigenvalue weighted by Crippen LogP contribution is 2.26. The second kappa shape index (κ2) is 8.30. The van der Waals surface area contributed by atoms with E-state index in [4.69, 9.17) is 23.2 Å². The largest absolute Gasteiger partial charge is 0.320 e. The monoisotopic (exact) mass is 410 g/mol. The highest BCUT2D eigenvalue weighted by atomic mass is 35.5. The Bertz CT molecular complexity index is 1110. The van der Waals surface area contributed by atoms with Crippen molar-refractivity contribution in [2.24, 2.45) is 0 Å². The van der Waals surface area contributed by atoms with E-state index >= 15 is 0 Å². The molecule has 0 saturated heterocycles. The van der Waals surface area contributed by atoms with Gasteiger partial charge in [-0.3, -0.25) is 4.79 Å². The first-order valence-electron chi connectivity index (χ1n) is 8.40. The Morgan fingerprint density at radius 1 is 1.18 bits per heavy atom. The van der Waals surface area contributed by atoms with Gasteiger partial charge in [0.1, 0.15) is 11.6 Å². The lowest BCUT2D eigenvalue weighted by Crippen LogP contribution is -2.13. The molecule has 0 radical (unpaired) electrons. The lowest BCUT2D eigenvalue weighted by Gasteiger charge is -2.07. The van der Waals surface area contributed by atoms with Crippen LogP contribution < -0.4 is 5.32 Å². The van der Waals surface area contributed by atoms with Crippen LogP contribution in [0.4, 0.5) is 5.69 Å². The molecule has 0 aliphatic rings. The highest BCUT2D eigenvalue weighted by Gasteiger charge is 2.16. The Balaban J connectivity index is 1.94. The van der Waals surface area contributed by atoms with E-state index in [9.17, 15) is 10.1 Å². The van der Waals surface area contributed by atoms with Crippen molar-refractivity contribution in [3.8, 4) is 11.8 Å². The first kappa shape index (κ1) is 19.7. The average molecular weight is 411 g/mol. The summed E-state index contributed by atoms with van der Waals surface area (Å²) in [6.45, 7) is 3.73. The molecule has 5 nitrogen and oxygen atoms in total. The number of aromatic nitrogens is 2. The summed E-state index contributed by atoms with van der Waals surface area (Å²) in [5.41, 5.74) is 3.49. The van der Waals surface area contributed by atoms with E-state index < -0.39 is 5.91 Å². The number of nitrogens with zero attached hydrogens (tertiary/aromatic N) is 3. The van der Waals surface area contributed by atoms with Crippen LogP contribution >= 0.6 is 23.2 Å². The first-order valence-corrected chi connectivity index (χ1v) is 9.16. The summed E-state index contributed by atoms with van der Waals surface area (Å²) in [7, 11) is 0. The molecule has 7 heteroatoms. The van der Waals surface area contributed by atoms with Gasteiger partial charge in [-0.25, -0.2) is 4.68 Å². The predicted octanol–water partition coefficient (Wildman–Crippen LogP) is 5.34. The van der Waals surface area contributed by atoms with Crippen LogP contribution in [0, 0.1) is 25.2 Å². The van der Waals surface area contributed by atoms with Gasteiger partial charge in [-0.1, -0.05) is 41.4 Å². The maximum absolute atomic E-state index is 12.6. The molecule has 3 rings (SSSR count). The number of para-hydroxylation sites is 1. The molecule has 1 aromatic heterocycles. The standard InChI is InChI=1S/C21H16Cl2N4O/c1-13-18(14(2)27(26-13)17-6-4-3-5-7-17)10-15(12-24)21(28)25-20-9-8-16(22)11-19(20)23/h3-11H,1-2H3,(H,25,28). The maximum atomic E-state index is 12.6. The zero-order chi connectivity index (χ0) is 20.3. The van der Waals surface area contributed by atoms with Crippen LogP contribution in [0.25, 0.3) is 11.8 Å². The highest BCUT2D eigenvalue weighted by molar-refractivity contribution is 6.36. The van der Waals surface area contributed by atoms with Gasteiger partial charge in [0.25, 0.3) is 5.91 Å².